The number of carbonyl (C=O) groups excluding carboxylic acids is 1. The second kappa shape index (κ2) is 9.09. The van der Waals surface area contributed by atoms with Crippen LogP contribution >= 0.6 is 22.7 Å². The number of thiophene rings is 1. The molecule has 1 atom stereocenters. The van der Waals surface area contributed by atoms with Gasteiger partial charge in [-0.2, -0.15) is 0 Å². The first kappa shape index (κ1) is 21.4. The number of hydrogen-bond donors (Lipinski definition) is 0. The molecule has 31 heavy (non-hydrogen) atoms. The number of allylic oxidation sites excluding steroid dienone is 1. The van der Waals surface area contributed by atoms with Crippen LogP contribution in [-0.2, 0) is 14.3 Å². The van der Waals surface area contributed by atoms with Crippen LogP contribution in [0.1, 0.15) is 23.4 Å². The second-order valence-corrected chi connectivity index (χ2v) is 8.74. The zero-order chi connectivity index (χ0) is 22.0. The van der Waals surface area contributed by atoms with Crippen LogP contribution in [0, 0.1) is 5.82 Å². The van der Waals surface area contributed by atoms with Crippen molar-refractivity contribution >= 4 is 34.7 Å². The van der Waals surface area contributed by atoms with E-state index in [1.54, 1.807) is 25.1 Å². The summed E-state index contributed by atoms with van der Waals surface area (Å²) in [6, 6.07) is 9.32. The number of thiazole rings is 1. The Labute approximate surface area is 185 Å². The van der Waals surface area contributed by atoms with Gasteiger partial charge >= 0.3 is 5.97 Å². The smallest absolute Gasteiger partial charge is 0.338 e. The van der Waals surface area contributed by atoms with E-state index in [2.05, 4.69) is 4.99 Å². The monoisotopic (exact) mass is 458 g/mol. The van der Waals surface area contributed by atoms with Gasteiger partial charge in [0.05, 0.1) is 22.4 Å². The van der Waals surface area contributed by atoms with E-state index in [9.17, 15) is 14.0 Å². The van der Waals surface area contributed by atoms with Crippen LogP contribution in [0.5, 0.6) is 0 Å². The van der Waals surface area contributed by atoms with Gasteiger partial charge in [-0.05, 0) is 30.5 Å². The first-order valence-corrected chi connectivity index (χ1v) is 11.2. The SMILES string of the molecule is COCCOC(=O)C1=C(C)N=c2s/c(=C/c3ccccc3F)c(=O)n2[C@H]1c1cccs1. The molecule has 0 radical (unpaired) electrons. The Morgan fingerprint density at radius 1 is 1.26 bits per heavy atom. The van der Waals surface area contributed by atoms with E-state index in [0.717, 1.165) is 4.88 Å². The van der Waals surface area contributed by atoms with E-state index < -0.39 is 17.8 Å². The number of ether oxygens (including phenoxy) is 2. The number of esters is 1. The number of rotatable bonds is 6. The van der Waals surface area contributed by atoms with Crippen LogP contribution in [0.2, 0.25) is 0 Å². The number of nitrogens with zero attached hydrogens (tertiary/aromatic N) is 2. The second-order valence-electron chi connectivity index (χ2n) is 6.75. The van der Waals surface area contributed by atoms with Gasteiger partial charge < -0.3 is 9.47 Å². The Morgan fingerprint density at radius 2 is 2.06 bits per heavy atom. The van der Waals surface area contributed by atoms with E-state index in [1.807, 2.05) is 17.5 Å². The van der Waals surface area contributed by atoms with Gasteiger partial charge in [0.2, 0.25) is 0 Å². The maximum atomic E-state index is 14.1. The highest BCUT2D eigenvalue weighted by atomic mass is 32.1. The average molecular weight is 459 g/mol. The number of halogens is 1. The quantitative estimate of drug-likeness (QED) is 0.421. The van der Waals surface area contributed by atoms with Gasteiger partial charge in [-0.25, -0.2) is 14.2 Å². The van der Waals surface area contributed by atoms with Crippen LogP contribution in [-0.4, -0.2) is 30.9 Å². The summed E-state index contributed by atoms with van der Waals surface area (Å²) >= 11 is 2.60. The molecule has 9 heteroatoms. The minimum atomic E-state index is -0.658. The molecule has 0 saturated carbocycles. The third kappa shape index (κ3) is 4.16. The largest absolute Gasteiger partial charge is 0.460 e. The molecule has 1 aliphatic heterocycles. The highest BCUT2D eigenvalue weighted by Gasteiger charge is 2.34. The van der Waals surface area contributed by atoms with E-state index in [-0.39, 0.29) is 18.8 Å². The van der Waals surface area contributed by atoms with Crippen molar-refractivity contribution in [1.29, 1.82) is 0 Å². The summed E-state index contributed by atoms with van der Waals surface area (Å²) in [6.45, 7) is 2.09. The first-order chi connectivity index (χ1) is 15.0. The fourth-order valence-corrected chi connectivity index (χ4v) is 5.19. The number of aromatic nitrogens is 1. The number of hydrogen-bond acceptors (Lipinski definition) is 7. The summed E-state index contributed by atoms with van der Waals surface area (Å²) < 4.78 is 26.3. The van der Waals surface area contributed by atoms with Crippen LogP contribution < -0.4 is 14.9 Å². The minimum Gasteiger partial charge on any atom is -0.460 e. The van der Waals surface area contributed by atoms with Crippen molar-refractivity contribution in [2.24, 2.45) is 4.99 Å². The summed E-state index contributed by atoms with van der Waals surface area (Å²) in [4.78, 5) is 32.0. The first-order valence-electron chi connectivity index (χ1n) is 9.48. The van der Waals surface area contributed by atoms with Gasteiger partial charge in [0, 0.05) is 17.6 Å². The molecule has 3 heterocycles. The molecule has 0 spiro atoms. The Hall–Kier alpha value is -2.88. The Bertz CT molecular complexity index is 1320. The highest BCUT2D eigenvalue weighted by Crippen LogP contribution is 2.33. The number of carbonyl (C=O) groups is 1. The lowest BCUT2D eigenvalue weighted by Gasteiger charge is -2.23. The number of methoxy groups -OCH3 is 1. The highest BCUT2D eigenvalue weighted by molar-refractivity contribution is 7.10. The molecule has 6 nitrogen and oxygen atoms in total. The van der Waals surface area contributed by atoms with Gasteiger partial charge in [0.15, 0.2) is 4.80 Å². The third-order valence-corrected chi connectivity index (χ3v) is 6.67. The zero-order valence-corrected chi connectivity index (χ0v) is 18.5. The molecule has 1 aliphatic rings. The predicted molar refractivity (Wildman–Crippen MR) is 117 cm³/mol. The molecule has 2 aromatic heterocycles. The number of benzene rings is 1. The fraction of sp³-hybridized carbons (Fsp3) is 0.227. The van der Waals surface area contributed by atoms with Crippen molar-refractivity contribution in [3.05, 3.63) is 89.0 Å². The van der Waals surface area contributed by atoms with Crippen molar-refractivity contribution in [2.75, 3.05) is 20.3 Å². The van der Waals surface area contributed by atoms with Crippen molar-refractivity contribution in [2.45, 2.75) is 13.0 Å². The summed E-state index contributed by atoms with van der Waals surface area (Å²) in [6.07, 6.45) is 1.51. The maximum absolute atomic E-state index is 14.1. The van der Waals surface area contributed by atoms with Crippen LogP contribution in [0.4, 0.5) is 4.39 Å². The molecule has 0 unspecified atom stereocenters. The van der Waals surface area contributed by atoms with Crippen molar-refractivity contribution in [3.63, 3.8) is 0 Å². The Balaban J connectivity index is 1.87. The lowest BCUT2D eigenvalue weighted by atomic mass is 10.0. The average Bonchev–Trinajstić information content (AvgIpc) is 3.38. The van der Waals surface area contributed by atoms with Crippen LogP contribution in [0.15, 0.2) is 62.8 Å². The lowest BCUT2D eigenvalue weighted by molar-refractivity contribution is -0.140. The molecule has 0 aliphatic carbocycles. The molecule has 0 bridgehead atoms. The van der Waals surface area contributed by atoms with Crippen LogP contribution in [0.3, 0.4) is 0 Å². The molecule has 3 aromatic rings. The summed E-state index contributed by atoms with van der Waals surface area (Å²) in [5, 5.41) is 1.88. The molecule has 4 rings (SSSR count). The molecular weight excluding hydrogens is 439 g/mol. The third-order valence-electron chi connectivity index (χ3n) is 4.77. The van der Waals surface area contributed by atoms with E-state index in [0.29, 0.717) is 26.2 Å². The van der Waals surface area contributed by atoms with Gasteiger partial charge in [0.1, 0.15) is 18.5 Å². The zero-order valence-electron chi connectivity index (χ0n) is 16.8. The fourth-order valence-electron chi connectivity index (χ4n) is 3.33. The maximum Gasteiger partial charge on any atom is 0.338 e. The van der Waals surface area contributed by atoms with Crippen LogP contribution in [0.25, 0.3) is 6.08 Å². The van der Waals surface area contributed by atoms with Crippen molar-refractivity contribution in [3.8, 4) is 0 Å². The minimum absolute atomic E-state index is 0.0982. The van der Waals surface area contributed by atoms with E-state index in [1.165, 1.54) is 46.5 Å². The van der Waals surface area contributed by atoms with Gasteiger partial charge in [0.25, 0.3) is 5.56 Å². The van der Waals surface area contributed by atoms with Crippen molar-refractivity contribution < 1.29 is 18.7 Å². The van der Waals surface area contributed by atoms with E-state index >= 15 is 0 Å². The van der Waals surface area contributed by atoms with Gasteiger partial charge in [-0.3, -0.25) is 9.36 Å². The number of fused-ring (bicyclic) bond motifs is 1. The Kier molecular flexibility index (Phi) is 6.26. The molecular formula is C22H19FN2O4S2. The normalized spacial score (nSPS) is 16.2. The standard InChI is InChI=1S/C22H19FN2O4S2/c1-13-18(21(27)29-10-9-28-2)19(16-8-5-11-30-16)25-20(26)17(31-22(25)24-13)12-14-6-3-4-7-15(14)23/h3-8,11-12,19H,9-10H2,1-2H3/b17-12+/t19-/m0/s1. The lowest BCUT2D eigenvalue weighted by Crippen LogP contribution is -2.39. The molecule has 1 aromatic carbocycles. The van der Waals surface area contributed by atoms with E-state index in [4.69, 9.17) is 9.47 Å². The summed E-state index contributed by atoms with van der Waals surface area (Å²) in [5.41, 5.74) is 0.776. The van der Waals surface area contributed by atoms with Crippen molar-refractivity contribution in [1.82, 2.24) is 4.57 Å². The molecule has 0 saturated heterocycles. The predicted octanol–water partition coefficient (Wildman–Crippen LogP) is 2.63. The van der Waals surface area contributed by atoms with Gasteiger partial charge in [-0.1, -0.05) is 35.6 Å². The Morgan fingerprint density at radius 3 is 2.77 bits per heavy atom. The molecule has 0 N–H and O–H groups in total. The summed E-state index contributed by atoms with van der Waals surface area (Å²) in [7, 11) is 1.52. The molecule has 0 fully saturated rings. The topological polar surface area (TPSA) is 69.9 Å². The van der Waals surface area contributed by atoms with Gasteiger partial charge in [-0.15, -0.1) is 11.3 Å². The summed E-state index contributed by atoms with van der Waals surface area (Å²) in [5.74, 6) is -0.957. The molecule has 160 valence electrons. The molecule has 0 amide bonds.